The molecule has 2 aliphatic rings. The minimum atomic E-state index is -4.66. The highest BCUT2D eigenvalue weighted by atomic mass is 19.4. The molecule has 1 aromatic carbocycles. The monoisotopic (exact) mass is 442 g/mol. The van der Waals surface area contributed by atoms with Crippen LogP contribution in [-0.2, 0) is 25.2 Å². The molecule has 2 aliphatic heterocycles. The Bertz CT molecular complexity index is 928. The fourth-order valence-electron chi connectivity index (χ4n) is 3.52. The van der Waals surface area contributed by atoms with Gasteiger partial charge in [-0.2, -0.15) is 17.6 Å². The average Bonchev–Trinajstić information content (AvgIpc) is 3.02. The third kappa shape index (κ3) is 4.38. The van der Waals surface area contributed by atoms with Gasteiger partial charge >= 0.3 is 18.0 Å². The molecule has 6 nitrogen and oxygen atoms in total. The molecule has 2 N–H and O–H groups in total. The second kappa shape index (κ2) is 8.60. The van der Waals surface area contributed by atoms with E-state index in [1.807, 2.05) is 0 Å². The summed E-state index contributed by atoms with van der Waals surface area (Å²) in [6, 6.07) is 3.00. The molecule has 3 unspecified atom stereocenters. The molecule has 0 aliphatic carbocycles. The summed E-state index contributed by atoms with van der Waals surface area (Å²) in [5.41, 5.74) is -1.55. The summed E-state index contributed by atoms with van der Waals surface area (Å²) in [5.74, 6) is -5.90. The number of hydrogen-bond acceptors (Lipinski definition) is 6. The van der Waals surface area contributed by atoms with Crippen LogP contribution in [0.15, 0.2) is 42.4 Å². The normalized spacial score (nSPS) is 24.5. The number of alkyl halides is 4. The zero-order chi connectivity index (χ0) is 22.8. The van der Waals surface area contributed by atoms with Crippen LogP contribution in [0.2, 0.25) is 0 Å². The van der Waals surface area contributed by atoms with E-state index in [4.69, 9.17) is 4.74 Å². The fraction of sp³-hybridized carbons (Fsp3) is 0.429. The molecule has 31 heavy (non-hydrogen) atoms. The van der Waals surface area contributed by atoms with E-state index >= 15 is 4.39 Å². The highest BCUT2D eigenvalue weighted by Crippen LogP contribution is 2.43. The van der Waals surface area contributed by atoms with Gasteiger partial charge in [-0.1, -0.05) is 25.1 Å². The lowest BCUT2D eigenvalue weighted by Gasteiger charge is -2.30. The largest absolute Gasteiger partial charge is 0.467 e. The lowest BCUT2D eigenvalue weighted by molar-refractivity contribution is -0.167. The minimum Gasteiger partial charge on any atom is -0.467 e. The van der Waals surface area contributed by atoms with Gasteiger partial charge in [-0.05, 0) is 36.7 Å². The lowest BCUT2D eigenvalue weighted by Crippen LogP contribution is -2.46. The topological polar surface area (TPSA) is 76.7 Å². The molecule has 1 aromatic rings. The molecule has 10 heteroatoms. The second-order valence-corrected chi connectivity index (χ2v) is 7.23. The van der Waals surface area contributed by atoms with Gasteiger partial charge in [-0.15, -0.1) is 0 Å². The van der Waals surface area contributed by atoms with Gasteiger partial charge in [-0.3, -0.25) is 4.79 Å². The van der Waals surface area contributed by atoms with Crippen molar-refractivity contribution < 1.29 is 36.6 Å². The molecule has 3 rings (SSSR count). The molecule has 3 atom stereocenters. The molecule has 0 fully saturated rings. The number of rotatable bonds is 6. The quantitative estimate of drug-likeness (QED) is 0.520. The molecule has 0 saturated heterocycles. The number of carbonyl (C=O) groups is 2. The van der Waals surface area contributed by atoms with Crippen LogP contribution < -0.4 is 10.6 Å². The van der Waals surface area contributed by atoms with Gasteiger partial charge in [0.2, 0.25) is 11.7 Å². The standard InChI is InChI=1S/C21H22F4N2O4/c1-3-15(19(29)30-2)27-18-16(12-6-4-7-13(10-12)21(23,24)25)17(28)20(22,31-18)14-8-5-9-26-11-14/h4-7,9-10,14-15,26-27H,3,8,11H2,1-2H3. The summed E-state index contributed by atoms with van der Waals surface area (Å²) in [5, 5.41) is 5.47. The fourth-order valence-corrected chi connectivity index (χ4v) is 3.52. The summed E-state index contributed by atoms with van der Waals surface area (Å²) >= 11 is 0. The first-order valence-electron chi connectivity index (χ1n) is 9.69. The van der Waals surface area contributed by atoms with E-state index in [1.165, 1.54) is 6.07 Å². The molecular formula is C21H22F4N2O4. The van der Waals surface area contributed by atoms with Crippen LogP contribution in [0.25, 0.3) is 5.57 Å². The number of halogens is 4. The van der Waals surface area contributed by atoms with Gasteiger partial charge in [0.15, 0.2) is 0 Å². The second-order valence-electron chi connectivity index (χ2n) is 7.23. The van der Waals surface area contributed by atoms with Crippen molar-refractivity contribution in [1.29, 1.82) is 0 Å². The number of ether oxygens (including phenoxy) is 2. The summed E-state index contributed by atoms with van der Waals surface area (Å²) < 4.78 is 65.6. The number of carbonyl (C=O) groups excluding carboxylic acids is 2. The molecule has 0 aromatic heterocycles. The van der Waals surface area contributed by atoms with Gasteiger partial charge in [0.1, 0.15) is 6.04 Å². The maximum atomic E-state index is 15.9. The lowest BCUT2D eigenvalue weighted by atomic mass is 9.87. The Morgan fingerprint density at radius 3 is 2.74 bits per heavy atom. The average molecular weight is 442 g/mol. The molecule has 0 bridgehead atoms. The van der Waals surface area contributed by atoms with Gasteiger partial charge in [0.25, 0.3) is 0 Å². The zero-order valence-electron chi connectivity index (χ0n) is 16.9. The summed E-state index contributed by atoms with van der Waals surface area (Å²) in [4.78, 5) is 25.2. The Balaban J connectivity index is 2.07. The van der Waals surface area contributed by atoms with Crippen molar-refractivity contribution in [2.45, 2.75) is 37.8 Å². The van der Waals surface area contributed by atoms with Crippen molar-refractivity contribution in [1.82, 2.24) is 10.6 Å². The van der Waals surface area contributed by atoms with Crippen molar-refractivity contribution >= 4 is 17.3 Å². The van der Waals surface area contributed by atoms with Gasteiger partial charge in [0.05, 0.1) is 24.2 Å². The van der Waals surface area contributed by atoms with E-state index in [0.717, 1.165) is 25.3 Å². The van der Waals surface area contributed by atoms with Gasteiger partial charge in [-0.25, -0.2) is 4.79 Å². The minimum absolute atomic E-state index is 0.0934. The van der Waals surface area contributed by atoms with Crippen LogP contribution in [0.4, 0.5) is 17.6 Å². The molecule has 0 saturated carbocycles. The van der Waals surface area contributed by atoms with E-state index < -0.39 is 47.2 Å². The van der Waals surface area contributed by atoms with E-state index in [-0.39, 0.29) is 30.5 Å². The third-order valence-corrected chi connectivity index (χ3v) is 5.24. The molecule has 0 spiro atoms. The maximum absolute atomic E-state index is 15.9. The molecule has 168 valence electrons. The van der Waals surface area contributed by atoms with Crippen LogP contribution in [0.5, 0.6) is 0 Å². The first kappa shape index (κ1) is 22.6. The van der Waals surface area contributed by atoms with Crippen LogP contribution in [-0.4, -0.2) is 37.3 Å². The van der Waals surface area contributed by atoms with Crippen LogP contribution in [0, 0.1) is 5.92 Å². The van der Waals surface area contributed by atoms with Crippen molar-refractivity contribution in [2.75, 3.05) is 13.7 Å². The van der Waals surface area contributed by atoms with Gasteiger partial charge in [0, 0.05) is 6.54 Å². The molecule has 2 heterocycles. The van der Waals surface area contributed by atoms with E-state index in [1.54, 1.807) is 19.2 Å². The van der Waals surface area contributed by atoms with E-state index in [9.17, 15) is 22.8 Å². The van der Waals surface area contributed by atoms with Crippen molar-refractivity contribution in [3.8, 4) is 0 Å². The van der Waals surface area contributed by atoms with E-state index in [2.05, 4.69) is 15.4 Å². The number of methoxy groups -OCH3 is 1. The highest BCUT2D eigenvalue weighted by molar-refractivity contribution is 6.26. The van der Waals surface area contributed by atoms with Crippen LogP contribution in [0.3, 0.4) is 0 Å². The van der Waals surface area contributed by atoms with Crippen molar-refractivity contribution in [3.05, 3.63) is 53.6 Å². The Morgan fingerprint density at radius 2 is 2.16 bits per heavy atom. The number of allylic oxidation sites excluding steroid dienone is 1. The Labute approximate surface area is 176 Å². The summed E-state index contributed by atoms with van der Waals surface area (Å²) in [6.07, 6.45) is -1.02. The number of nitrogens with one attached hydrogen (secondary N) is 2. The van der Waals surface area contributed by atoms with Crippen molar-refractivity contribution in [2.24, 2.45) is 5.92 Å². The van der Waals surface area contributed by atoms with Crippen molar-refractivity contribution in [3.63, 3.8) is 0 Å². The molecular weight excluding hydrogens is 420 g/mol. The SMILES string of the molecule is CCC(NC1=C(c2cccc(C(F)(F)F)c2)C(=O)C(F)(C2CC=CNC2)O1)C(=O)OC. The molecule has 0 amide bonds. The number of esters is 1. The number of Topliss-reactive ketones (excluding diaryl/α,β-unsaturated/α-hetero) is 1. The first-order valence-corrected chi connectivity index (χ1v) is 9.69. The molecule has 0 radical (unpaired) electrons. The highest BCUT2D eigenvalue weighted by Gasteiger charge is 2.56. The maximum Gasteiger partial charge on any atom is 0.416 e. The number of hydrogen-bond donors (Lipinski definition) is 2. The Hall–Kier alpha value is -3.04. The Morgan fingerprint density at radius 1 is 1.42 bits per heavy atom. The smallest absolute Gasteiger partial charge is 0.416 e. The zero-order valence-corrected chi connectivity index (χ0v) is 16.9. The number of ketones is 1. The van der Waals surface area contributed by atoms with Crippen LogP contribution in [0.1, 0.15) is 30.9 Å². The third-order valence-electron chi connectivity index (χ3n) is 5.24. The predicted octanol–water partition coefficient (Wildman–Crippen LogP) is 3.30. The Kier molecular flexibility index (Phi) is 6.28. The number of benzene rings is 1. The van der Waals surface area contributed by atoms with E-state index in [0.29, 0.717) is 0 Å². The first-order chi connectivity index (χ1) is 14.6. The van der Waals surface area contributed by atoms with Crippen LogP contribution >= 0.6 is 0 Å². The summed E-state index contributed by atoms with van der Waals surface area (Å²) in [6.45, 7) is 1.74. The predicted molar refractivity (Wildman–Crippen MR) is 103 cm³/mol. The summed E-state index contributed by atoms with van der Waals surface area (Å²) in [7, 11) is 1.16. The van der Waals surface area contributed by atoms with Gasteiger partial charge < -0.3 is 20.1 Å².